The average Bonchev–Trinajstić information content (AvgIpc) is 3.12. The van der Waals surface area contributed by atoms with Crippen molar-refractivity contribution >= 4 is 12.0 Å². The minimum absolute atomic E-state index is 0.0372. The average molecular weight is 662 g/mol. The summed E-state index contributed by atoms with van der Waals surface area (Å²) in [6.07, 6.45) is 5.26. The first-order valence-electron chi connectivity index (χ1n) is 16.7. The molecule has 0 bridgehead atoms. The van der Waals surface area contributed by atoms with E-state index in [4.69, 9.17) is 28.4 Å². The molecular formula is C38H51N3O7. The molecule has 0 aromatic heterocycles. The van der Waals surface area contributed by atoms with E-state index >= 15 is 0 Å². The van der Waals surface area contributed by atoms with E-state index < -0.39 is 0 Å². The van der Waals surface area contributed by atoms with Gasteiger partial charge in [0.05, 0.1) is 32.5 Å². The smallest absolute Gasteiger partial charge is 0.243 e. The van der Waals surface area contributed by atoms with Crippen molar-refractivity contribution < 1.29 is 33.2 Å². The second kappa shape index (κ2) is 22.0. The van der Waals surface area contributed by atoms with Crippen molar-refractivity contribution in [3.8, 4) is 11.5 Å². The van der Waals surface area contributed by atoms with Gasteiger partial charge < -0.3 is 38.6 Å². The molecule has 4 rings (SSSR count). The van der Waals surface area contributed by atoms with Crippen molar-refractivity contribution in [3.63, 3.8) is 0 Å². The Labute approximate surface area is 285 Å². The summed E-state index contributed by atoms with van der Waals surface area (Å²) in [6.45, 7) is 7.68. The summed E-state index contributed by atoms with van der Waals surface area (Å²) in [4.78, 5) is 17.7. The van der Waals surface area contributed by atoms with Crippen molar-refractivity contribution in [2.75, 3.05) is 93.5 Å². The first kappa shape index (κ1) is 37.1. The number of benzene rings is 3. The lowest BCUT2D eigenvalue weighted by molar-refractivity contribution is -0.116. The van der Waals surface area contributed by atoms with Gasteiger partial charge in [-0.15, -0.1) is 0 Å². The van der Waals surface area contributed by atoms with Gasteiger partial charge in [-0.1, -0.05) is 66.7 Å². The van der Waals surface area contributed by atoms with Crippen molar-refractivity contribution in [1.29, 1.82) is 0 Å². The van der Waals surface area contributed by atoms with Gasteiger partial charge in [-0.2, -0.15) is 0 Å². The van der Waals surface area contributed by atoms with Crippen LogP contribution in [-0.2, 0) is 23.7 Å². The summed E-state index contributed by atoms with van der Waals surface area (Å²) in [6, 6.07) is 27.3. The molecule has 0 aliphatic carbocycles. The molecule has 10 heteroatoms. The topological polar surface area (TPSA) is 91.0 Å². The van der Waals surface area contributed by atoms with Crippen LogP contribution < -0.4 is 14.8 Å². The predicted molar refractivity (Wildman–Crippen MR) is 187 cm³/mol. The molecular weight excluding hydrogens is 610 g/mol. The lowest BCUT2D eigenvalue weighted by Crippen LogP contribution is -2.48. The first-order valence-corrected chi connectivity index (χ1v) is 16.7. The summed E-state index contributed by atoms with van der Waals surface area (Å²) in [5.41, 5.74) is 3.47. The lowest BCUT2D eigenvalue weighted by Gasteiger charge is -2.39. The van der Waals surface area contributed by atoms with Crippen molar-refractivity contribution in [3.05, 3.63) is 102 Å². The largest absolute Gasteiger partial charge is 0.464 e. The molecule has 1 saturated heterocycles. The third-order valence-electron chi connectivity index (χ3n) is 8.06. The molecule has 0 spiro atoms. The highest BCUT2D eigenvalue weighted by Crippen LogP contribution is 2.30. The summed E-state index contributed by atoms with van der Waals surface area (Å²) >= 11 is 0. The Bertz CT molecular complexity index is 1300. The maximum absolute atomic E-state index is 12.5. The zero-order valence-corrected chi connectivity index (χ0v) is 28.4. The number of piperazine rings is 1. The molecule has 1 N–H and O–H groups in total. The second-order valence-electron chi connectivity index (χ2n) is 11.5. The number of nitrogens with zero attached hydrogens (tertiary/aromatic N) is 2. The van der Waals surface area contributed by atoms with Crippen molar-refractivity contribution in [1.82, 2.24) is 15.1 Å². The Morgan fingerprint density at radius 1 is 0.750 bits per heavy atom. The number of unbranched alkanes of at least 4 members (excludes halogenated alkanes) is 1. The van der Waals surface area contributed by atoms with Crippen molar-refractivity contribution in [2.45, 2.75) is 18.9 Å². The van der Waals surface area contributed by atoms with Crippen LogP contribution in [0, 0.1) is 0 Å². The summed E-state index contributed by atoms with van der Waals surface area (Å²) < 4.78 is 32.3. The van der Waals surface area contributed by atoms with Gasteiger partial charge in [-0.25, -0.2) is 0 Å². The minimum atomic E-state index is -0.131. The highest BCUT2D eigenvalue weighted by atomic mass is 16.7. The number of ether oxygens (including phenoxy) is 6. The number of rotatable bonds is 22. The van der Waals surface area contributed by atoms with E-state index in [1.165, 1.54) is 17.2 Å². The Kier molecular flexibility index (Phi) is 17.0. The molecule has 0 unspecified atom stereocenters. The van der Waals surface area contributed by atoms with Gasteiger partial charge in [0.1, 0.15) is 0 Å². The van der Waals surface area contributed by atoms with Crippen LogP contribution in [0.2, 0.25) is 0 Å². The third kappa shape index (κ3) is 13.0. The molecule has 260 valence electrons. The quantitative estimate of drug-likeness (QED) is 0.0908. The molecule has 1 aliphatic heterocycles. The highest BCUT2D eigenvalue weighted by Gasteiger charge is 2.26. The van der Waals surface area contributed by atoms with E-state index in [0.29, 0.717) is 44.5 Å². The predicted octanol–water partition coefficient (Wildman–Crippen LogP) is 5.00. The Morgan fingerprint density at radius 2 is 1.35 bits per heavy atom. The van der Waals surface area contributed by atoms with Crippen LogP contribution in [0.1, 0.15) is 35.6 Å². The second-order valence-corrected chi connectivity index (χ2v) is 11.5. The van der Waals surface area contributed by atoms with Crippen LogP contribution in [0.4, 0.5) is 0 Å². The number of nitrogens with one attached hydrogen (secondary N) is 1. The lowest BCUT2D eigenvalue weighted by atomic mass is 9.96. The maximum Gasteiger partial charge on any atom is 0.243 e. The fourth-order valence-electron chi connectivity index (χ4n) is 5.51. The van der Waals surface area contributed by atoms with E-state index in [1.807, 2.05) is 6.07 Å². The number of hydrogen-bond acceptors (Lipinski definition) is 9. The molecule has 1 aliphatic rings. The van der Waals surface area contributed by atoms with Gasteiger partial charge >= 0.3 is 0 Å². The van der Waals surface area contributed by atoms with E-state index in [2.05, 4.69) is 75.8 Å². The third-order valence-corrected chi connectivity index (χ3v) is 8.06. The molecule has 1 fully saturated rings. The number of hydrogen-bond donors (Lipinski definition) is 1. The van der Waals surface area contributed by atoms with Gasteiger partial charge in [0.15, 0.2) is 25.1 Å². The van der Waals surface area contributed by atoms with Crippen LogP contribution in [0.25, 0.3) is 6.08 Å². The minimum Gasteiger partial charge on any atom is -0.464 e. The fourth-order valence-corrected chi connectivity index (χ4v) is 5.51. The van der Waals surface area contributed by atoms with Crippen LogP contribution in [0.5, 0.6) is 11.5 Å². The SMILES string of the molecule is COCCOCOc1ccc(/C=C/C(=O)NCCCCN2CCN(C(c3ccccc3)c3ccccc3)CC2)cc1OCOCCOC. The molecule has 3 aromatic rings. The molecule has 48 heavy (non-hydrogen) atoms. The van der Waals surface area contributed by atoms with Gasteiger partial charge in [-0.05, 0) is 54.3 Å². The molecule has 10 nitrogen and oxygen atoms in total. The van der Waals surface area contributed by atoms with Crippen LogP contribution in [0.15, 0.2) is 84.9 Å². The van der Waals surface area contributed by atoms with Crippen LogP contribution in [-0.4, -0.2) is 109 Å². The maximum atomic E-state index is 12.5. The molecule has 1 heterocycles. The number of methoxy groups -OCH3 is 2. The molecule has 0 saturated carbocycles. The van der Waals surface area contributed by atoms with Gasteiger partial charge in [0.25, 0.3) is 0 Å². The molecule has 1 amide bonds. The van der Waals surface area contributed by atoms with Crippen LogP contribution in [0.3, 0.4) is 0 Å². The molecule has 0 radical (unpaired) electrons. The zero-order valence-electron chi connectivity index (χ0n) is 28.4. The van der Waals surface area contributed by atoms with E-state index in [-0.39, 0.29) is 25.5 Å². The number of carbonyl (C=O) groups excluding carboxylic acids is 1. The number of carbonyl (C=O) groups is 1. The fraction of sp³-hybridized carbons (Fsp3) is 0.447. The van der Waals surface area contributed by atoms with E-state index in [0.717, 1.165) is 51.1 Å². The molecule has 3 aromatic carbocycles. The standard InChI is InChI=1S/C38H51N3O7/c1-43-25-27-45-30-47-35-17-15-32(29-36(35)48-31-46-28-26-44-2)16-18-37(42)39-19-9-10-20-40-21-23-41(24-22-40)38(33-11-5-3-6-12-33)34-13-7-4-8-14-34/h3-8,11-18,29,38H,9-10,19-28,30-31H2,1-2H3,(H,39,42)/b18-16+. The van der Waals surface area contributed by atoms with Crippen molar-refractivity contribution in [2.24, 2.45) is 0 Å². The molecule has 0 atom stereocenters. The van der Waals surface area contributed by atoms with Gasteiger partial charge in [0.2, 0.25) is 5.91 Å². The summed E-state index contributed by atoms with van der Waals surface area (Å²) in [5.74, 6) is 0.869. The van der Waals surface area contributed by atoms with E-state index in [1.54, 1.807) is 32.4 Å². The highest BCUT2D eigenvalue weighted by molar-refractivity contribution is 5.91. The normalized spacial score (nSPS) is 14.1. The number of amides is 1. The Morgan fingerprint density at radius 3 is 1.96 bits per heavy atom. The summed E-state index contributed by atoms with van der Waals surface area (Å²) in [5, 5.41) is 3.01. The Balaban J connectivity index is 1.17. The summed E-state index contributed by atoms with van der Waals surface area (Å²) in [7, 11) is 3.23. The van der Waals surface area contributed by atoms with E-state index in [9.17, 15) is 4.79 Å². The first-order chi connectivity index (χ1) is 23.7. The monoisotopic (exact) mass is 661 g/mol. The van der Waals surface area contributed by atoms with Gasteiger partial charge in [-0.3, -0.25) is 9.69 Å². The van der Waals surface area contributed by atoms with Crippen LogP contribution >= 0.6 is 0 Å². The van der Waals surface area contributed by atoms with Gasteiger partial charge in [0, 0.05) is 53.0 Å². The Hall–Kier alpha value is -3.77. The zero-order chi connectivity index (χ0) is 33.7.